The number of benzene rings is 2. The molecule has 1 aromatic heterocycles. The minimum absolute atomic E-state index is 0.371. The number of rotatable bonds is 3. The van der Waals surface area contributed by atoms with Crippen LogP contribution < -0.4 is 5.73 Å². The Hall–Kier alpha value is -1.69. The Morgan fingerprint density at radius 3 is 2.57 bits per heavy atom. The predicted octanol–water partition coefficient (Wildman–Crippen LogP) is 4.20. The number of hydrogen-bond donors (Lipinski definition) is 1. The maximum absolute atomic E-state index is 6.13. The van der Waals surface area contributed by atoms with Crippen LogP contribution in [-0.4, -0.2) is 10.2 Å². The Morgan fingerprint density at radius 1 is 1.10 bits per heavy atom. The van der Waals surface area contributed by atoms with Crippen molar-refractivity contribution in [3.8, 4) is 11.5 Å². The highest BCUT2D eigenvalue weighted by Crippen LogP contribution is 2.29. The second kappa shape index (κ2) is 5.97. The molecule has 0 bridgehead atoms. The van der Waals surface area contributed by atoms with Gasteiger partial charge in [-0.3, -0.25) is 0 Å². The number of halogens is 2. The molecule has 6 heteroatoms. The normalized spacial score (nSPS) is 12.3. The van der Waals surface area contributed by atoms with Crippen LogP contribution in [0.5, 0.6) is 0 Å². The zero-order chi connectivity index (χ0) is 14.8. The molecular weight excluding hydrogens is 354 g/mol. The van der Waals surface area contributed by atoms with E-state index in [9.17, 15) is 0 Å². The van der Waals surface area contributed by atoms with Crippen molar-refractivity contribution in [2.45, 2.75) is 6.04 Å². The average Bonchev–Trinajstić information content (AvgIpc) is 3.00. The third kappa shape index (κ3) is 3.00. The molecule has 2 N–H and O–H groups in total. The van der Waals surface area contributed by atoms with Crippen molar-refractivity contribution in [1.29, 1.82) is 0 Å². The van der Waals surface area contributed by atoms with Gasteiger partial charge in [0, 0.05) is 10.0 Å². The molecule has 1 unspecified atom stereocenters. The van der Waals surface area contributed by atoms with Gasteiger partial charge in [0.2, 0.25) is 11.8 Å². The van der Waals surface area contributed by atoms with Gasteiger partial charge in [-0.2, -0.15) is 0 Å². The molecule has 3 aromatic rings. The highest BCUT2D eigenvalue weighted by atomic mass is 79.9. The first-order chi connectivity index (χ1) is 10.1. The summed E-state index contributed by atoms with van der Waals surface area (Å²) < 4.78 is 6.47. The summed E-state index contributed by atoms with van der Waals surface area (Å²) in [5.41, 5.74) is 7.80. The fraction of sp³-hybridized carbons (Fsp3) is 0.0667. The van der Waals surface area contributed by atoms with Gasteiger partial charge < -0.3 is 10.2 Å². The molecule has 0 saturated carbocycles. The summed E-state index contributed by atoms with van der Waals surface area (Å²) in [6.07, 6.45) is 0. The van der Waals surface area contributed by atoms with Crippen molar-refractivity contribution >= 4 is 27.5 Å². The van der Waals surface area contributed by atoms with Crippen LogP contribution in [0, 0.1) is 0 Å². The maximum Gasteiger partial charge on any atom is 0.247 e. The number of hydrogen-bond acceptors (Lipinski definition) is 4. The molecule has 0 aliphatic rings. The SMILES string of the molecule is NC(c1ccccc1)c1nnc(-c2ccc(Br)c(Cl)c2)o1. The molecule has 0 fully saturated rings. The first kappa shape index (κ1) is 14.3. The Kier molecular flexibility index (Phi) is 4.05. The Bertz CT molecular complexity index is 761. The lowest BCUT2D eigenvalue weighted by Gasteiger charge is -2.06. The molecule has 0 amide bonds. The van der Waals surface area contributed by atoms with Gasteiger partial charge >= 0.3 is 0 Å². The van der Waals surface area contributed by atoms with E-state index in [2.05, 4.69) is 26.1 Å². The van der Waals surface area contributed by atoms with Gasteiger partial charge in [-0.05, 0) is 39.7 Å². The van der Waals surface area contributed by atoms with Crippen LogP contribution in [0.25, 0.3) is 11.5 Å². The summed E-state index contributed by atoms with van der Waals surface area (Å²) in [6, 6.07) is 14.6. The summed E-state index contributed by atoms with van der Waals surface area (Å²) in [7, 11) is 0. The lowest BCUT2D eigenvalue weighted by atomic mass is 10.1. The monoisotopic (exact) mass is 363 g/mol. The number of aromatic nitrogens is 2. The second-order valence-electron chi connectivity index (χ2n) is 4.46. The Morgan fingerprint density at radius 2 is 1.86 bits per heavy atom. The van der Waals surface area contributed by atoms with E-state index in [4.69, 9.17) is 21.8 Å². The van der Waals surface area contributed by atoms with E-state index in [1.807, 2.05) is 42.5 Å². The third-order valence-corrected chi connectivity index (χ3v) is 4.26. The summed E-state index contributed by atoms with van der Waals surface area (Å²) in [4.78, 5) is 0. The lowest BCUT2D eigenvalue weighted by molar-refractivity contribution is 0.484. The summed E-state index contributed by atoms with van der Waals surface area (Å²) in [5.74, 6) is 0.765. The quantitative estimate of drug-likeness (QED) is 0.756. The van der Waals surface area contributed by atoms with Gasteiger partial charge in [0.1, 0.15) is 6.04 Å². The molecule has 3 rings (SSSR count). The average molecular weight is 365 g/mol. The van der Waals surface area contributed by atoms with Crippen LogP contribution in [0.3, 0.4) is 0 Å². The van der Waals surface area contributed by atoms with Gasteiger partial charge in [-0.1, -0.05) is 41.9 Å². The summed E-state index contributed by atoms with van der Waals surface area (Å²) >= 11 is 9.41. The van der Waals surface area contributed by atoms with Crippen LogP contribution in [0.2, 0.25) is 5.02 Å². The highest BCUT2D eigenvalue weighted by molar-refractivity contribution is 9.10. The first-order valence-electron chi connectivity index (χ1n) is 6.24. The van der Waals surface area contributed by atoms with E-state index < -0.39 is 6.04 Å². The Balaban J connectivity index is 1.91. The molecule has 0 radical (unpaired) electrons. The second-order valence-corrected chi connectivity index (χ2v) is 5.72. The largest absolute Gasteiger partial charge is 0.419 e. The van der Waals surface area contributed by atoms with E-state index in [0.717, 1.165) is 15.6 Å². The van der Waals surface area contributed by atoms with Crippen LogP contribution in [0.15, 0.2) is 57.4 Å². The van der Waals surface area contributed by atoms with Gasteiger partial charge in [0.05, 0.1) is 5.02 Å². The summed E-state index contributed by atoms with van der Waals surface area (Å²) in [6.45, 7) is 0. The highest BCUT2D eigenvalue weighted by Gasteiger charge is 2.17. The van der Waals surface area contributed by atoms with E-state index in [0.29, 0.717) is 16.8 Å². The fourth-order valence-corrected chi connectivity index (χ4v) is 2.34. The molecule has 4 nitrogen and oxygen atoms in total. The number of nitrogens with two attached hydrogens (primary N) is 1. The lowest BCUT2D eigenvalue weighted by Crippen LogP contribution is -2.11. The van der Waals surface area contributed by atoms with Gasteiger partial charge in [-0.25, -0.2) is 0 Å². The zero-order valence-electron chi connectivity index (χ0n) is 10.8. The van der Waals surface area contributed by atoms with Crippen molar-refractivity contribution in [3.05, 3.63) is 69.5 Å². The van der Waals surface area contributed by atoms with Gasteiger partial charge in [-0.15, -0.1) is 10.2 Å². The van der Waals surface area contributed by atoms with Crippen molar-refractivity contribution < 1.29 is 4.42 Å². The molecule has 1 heterocycles. The number of nitrogens with zero attached hydrogens (tertiary/aromatic N) is 2. The minimum atomic E-state index is -0.446. The standard InChI is InChI=1S/C15H11BrClN3O/c16-11-7-6-10(8-12(11)17)14-19-20-15(21-14)13(18)9-4-2-1-3-5-9/h1-8,13H,18H2. The van der Waals surface area contributed by atoms with E-state index >= 15 is 0 Å². The van der Waals surface area contributed by atoms with Gasteiger partial charge in [0.15, 0.2) is 0 Å². The first-order valence-corrected chi connectivity index (χ1v) is 7.41. The summed E-state index contributed by atoms with van der Waals surface area (Å²) in [5, 5.41) is 8.64. The van der Waals surface area contributed by atoms with E-state index in [-0.39, 0.29) is 0 Å². The molecular formula is C15H11BrClN3O. The molecule has 21 heavy (non-hydrogen) atoms. The molecule has 1 atom stereocenters. The van der Waals surface area contributed by atoms with Crippen molar-refractivity contribution in [1.82, 2.24) is 10.2 Å². The molecule has 0 aliphatic heterocycles. The van der Waals surface area contributed by atoms with Crippen molar-refractivity contribution in [2.24, 2.45) is 5.73 Å². The molecule has 2 aromatic carbocycles. The molecule has 0 saturated heterocycles. The smallest absolute Gasteiger partial charge is 0.247 e. The fourth-order valence-electron chi connectivity index (χ4n) is 1.91. The van der Waals surface area contributed by atoms with Gasteiger partial charge in [0.25, 0.3) is 0 Å². The zero-order valence-corrected chi connectivity index (χ0v) is 13.2. The van der Waals surface area contributed by atoms with Crippen molar-refractivity contribution in [3.63, 3.8) is 0 Å². The van der Waals surface area contributed by atoms with Crippen LogP contribution in [0.4, 0.5) is 0 Å². The van der Waals surface area contributed by atoms with E-state index in [1.165, 1.54) is 0 Å². The molecule has 106 valence electrons. The van der Waals surface area contributed by atoms with Crippen molar-refractivity contribution in [2.75, 3.05) is 0 Å². The minimum Gasteiger partial charge on any atom is -0.419 e. The van der Waals surface area contributed by atoms with Crippen LogP contribution in [0.1, 0.15) is 17.5 Å². The van der Waals surface area contributed by atoms with Crippen LogP contribution in [-0.2, 0) is 0 Å². The third-order valence-electron chi connectivity index (χ3n) is 3.03. The van der Waals surface area contributed by atoms with E-state index in [1.54, 1.807) is 6.07 Å². The molecule has 0 aliphatic carbocycles. The maximum atomic E-state index is 6.13. The Labute approximate surface area is 135 Å². The van der Waals surface area contributed by atoms with Crippen LogP contribution >= 0.6 is 27.5 Å². The predicted molar refractivity (Wildman–Crippen MR) is 84.9 cm³/mol. The topological polar surface area (TPSA) is 64.9 Å². The molecule has 0 spiro atoms.